The molecule has 1 atom stereocenters. The Hall–Kier alpha value is -0.470. The molecule has 0 saturated heterocycles. The van der Waals surface area contributed by atoms with Crippen molar-refractivity contribution in [1.82, 2.24) is 5.32 Å². The number of hydrogen-bond donors (Lipinski definition) is 1. The zero-order valence-electron chi connectivity index (χ0n) is 11.7. The minimum Gasteiger partial charge on any atom is -0.309 e. The summed E-state index contributed by atoms with van der Waals surface area (Å²) in [5.74, 6) is 0. The zero-order chi connectivity index (χ0) is 12.9. The fourth-order valence-electron chi connectivity index (χ4n) is 1.74. The molecule has 0 saturated carbocycles. The Labute approximate surface area is 110 Å². The van der Waals surface area contributed by atoms with E-state index in [1.165, 1.54) is 11.1 Å². The first kappa shape index (κ1) is 14.6. The molecular formula is C15H25NS. The molecule has 0 heterocycles. The second-order valence-corrected chi connectivity index (χ2v) is 6.73. The van der Waals surface area contributed by atoms with Crippen molar-refractivity contribution < 1.29 is 0 Å². The summed E-state index contributed by atoms with van der Waals surface area (Å²) >= 11 is 1.91. The Morgan fingerprint density at radius 3 is 2.29 bits per heavy atom. The molecule has 0 aliphatic rings. The second kappa shape index (κ2) is 6.46. The molecule has 0 spiro atoms. The minimum absolute atomic E-state index is 0.304. The minimum atomic E-state index is 0.304. The van der Waals surface area contributed by atoms with Gasteiger partial charge in [-0.2, -0.15) is 11.8 Å². The van der Waals surface area contributed by atoms with Crippen LogP contribution in [0, 0.1) is 6.92 Å². The smallest absolute Gasteiger partial charge is 0.0318 e. The number of nitrogens with one attached hydrogen (secondary N) is 1. The van der Waals surface area contributed by atoms with Crippen LogP contribution in [-0.4, -0.2) is 17.5 Å². The number of benzene rings is 1. The van der Waals surface area contributed by atoms with Crippen molar-refractivity contribution in [2.24, 2.45) is 0 Å². The van der Waals surface area contributed by atoms with E-state index in [9.17, 15) is 0 Å². The van der Waals surface area contributed by atoms with Crippen LogP contribution in [-0.2, 0) is 0 Å². The molecule has 0 radical (unpaired) electrons. The maximum Gasteiger partial charge on any atom is 0.0318 e. The number of aryl methyl sites for hydroxylation is 1. The maximum absolute atomic E-state index is 3.68. The van der Waals surface area contributed by atoms with Crippen LogP contribution in [0.25, 0.3) is 0 Å². The lowest BCUT2D eigenvalue weighted by molar-refractivity contribution is 0.485. The van der Waals surface area contributed by atoms with Gasteiger partial charge in [-0.3, -0.25) is 0 Å². The first-order valence-corrected chi connectivity index (χ1v) is 7.56. The van der Waals surface area contributed by atoms with Gasteiger partial charge in [0.25, 0.3) is 0 Å². The average Bonchev–Trinajstić information content (AvgIpc) is 2.32. The maximum atomic E-state index is 3.68. The Bertz CT molecular complexity index is 329. The van der Waals surface area contributed by atoms with Gasteiger partial charge >= 0.3 is 0 Å². The van der Waals surface area contributed by atoms with Crippen molar-refractivity contribution in [2.45, 2.75) is 44.9 Å². The molecule has 0 amide bonds. The van der Waals surface area contributed by atoms with Crippen LogP contribution in [0.3, 0.4) is 0 Å². The predicted molar refractivity (Wildman–Crippen MR) is 79.8 cm³/mol. The van der Waals surface area contributed by atoms with E-state index in [0.717, 1.165) is 13.0 Å². The first-order chi connectivity index (χ1) is 7.98. The van der Waals surface area contributed by atoms with E-state index in [2.05, 4.69) is 63.5 Å². The Morgan fingerprint density at radius 1 is 1.24 bits per heavy atom. The molecule has 1 aromatic rings. The molecule has 1 rings (SSSR count). The fraction of sp³-hybridized carbons (Fsp3) is 0.600. The summed E-state index contributed by atoms with van der Waals surface area (Å²) in [6, 6.07) is 9.34. The Kier molecular flexibility index (Phi) is 5.54. The number of rotatable bonds is 6. The van der Waals surface area contributed by atoms with Crippen molar-refractivity contribution in [2.75, 3.05) is 12.8 Å². The molecule has 0 aliphatic carbocycles. The van der Waals surface area contributed by atoms with Crippen LogP contribution in [0.1, 0.15) is 44.4 Å². The molecule has 0 aromatic heterocycles. The highest BCUT2D eigenvalue weighted by atomic mass is 32.2. The van der Waals surface area contributed by atoms with Crippen LogP contribution < -0.4 is 5.32 Å². The summed E-state index contributed by atoms with van der Waals surface area (Å²) in [6.45, 7) is 9.98. The largest absolute Gasteiger partial charge is 0.309 e. The Balaban J connectivity index is 2.63. The number of thioether (sulfide) groups is 1. The monoisotopic (exact) mass is 251 g/mol. The van der Waals surface area contributed by atoms with E-state index >= 15 is 0 Å². The van der Waals surface area contributed by atoms with Crippen LogP contribution in [0.4, 0.5) is 0 Å². The van der Waals surface area contributed by atoms with Gasteiger partial charge in [0.2, 0.25) is 0 Å². The van der Waals surface area contributed by atoms with Crippen LogP contribution >= 0.6 is 11.8 Å². The first-order valence-electron chi connectivity index (χ1n) is 6.33. The molecule has 1 aromatic carbocycles. The van der Waals surface area contributed by atoms with Crippen molar-refractivity contribution in [3.05, 3.63) is 35.4 Å². The Morgan fingerprint density at radius 2 is 1.82 bits per heavy atom. The summed E-state index contributed by atoms with van der Waals surface area (Å²) in [7, 11) is 0. The van der Waals surface area contributed by atoms with E-state index in [4.69, 9.17) is 0 Å². The van der Waals surface area contributed by atoms with Gasteiger partial charge in [0.15, 0.2) is 0 Å². The summed E-state index contributed by atoms with van der Waals surface area (Å²) in [5, 5.41) is 3.68. The van der Waals surface area contributed by atoms with Gasteiger partial charge in [-0.1, -0.05) is 36.8 Å². The van der Waals surface area contributed by atoms with Gasteiger partial charge < -0.3 is 5.32 Å². The van der Waals surface area contributed by atoms with E-state index in [-0.39, 0.29) is 0 Å². The number of hydrogen-bond acceptors (Lipinski definition) is 2. The normalized spacial score (nSPS) is 13.7. The lowest BCUT2D eigenvalue weighted by atomic mass is 10.0. The highest BCUT2D eigenvalue weighted by Crippen LogP contribution is 2.23. The quantitative estimate of drug-likeness (QED) is 0.814. The van der Waals surface area contributed by atoms with E-state index < -0.39 is 0 Å². The molecule has 0 aliphatic heterocycles. The molecule has 96 valence electrons. The third-order valence-electron chi connectivity index (χ3n) is 3.21. The lowest BCUT2D eigenvalue weighted by Gasteiger charge is -2.26. The molecular weight excluding hydrogens is 226 g/mol. The third-order valence-corrected chi connectivity index (χ3v) is 4.46. The summed E-state index contributed by atoms with van der Waals surface area (Å²) < 4.78 is 0.304. The molecule has 2 heteroatoms. The van der Waals surface area contributed by atoms with Crippen molar-refractivity contribution >= 4 is 11.8 Å². The zero-order valence-corrected chi connectivity index (χ0v) is 12.5. The van der Waals surface area contributed by atoms with Crippen molar-refractivity contribution in [3.63, 3.8) is 0 Å². The topological polar surface area (TPSA) is 12.0 Å². The summed E-state index contributed by atoms with van der Waals surface area (Å²) in [4.78, 5) is 0. The SMILES string of the molecule is CCC(NCC(C)(C)SC)c1ccc(C)cc1. The van der Waals surface area contributed by atoms with Crippen LogP contribution in [0.2, 0.25) is 0 Å². The lowest BCUT2D eigenvalue weighted by Crippen LogP contribution is -2.34. The van der Waals surface area contributed by atoms with Gasteiger partial charge in [-0.15, -0.1) is 0 Å². The molecule has 1 nitrogen and oxygen atoms in total. The second-order valence-electron chi connectivity index (χ2n) is 5.22. The molecule has 1 N–H and O–H groups in total. The van der Waals surface area contributed by atoms with E-state index in [0.29, 0.717) is 10.8 Å². The standard InChI is InChI=1S/C15H25NS/c1-6-14(16-11-15(3,4)17-5)13-9-7-12(2)8-10-13/h7-10,14,16H,6,11H2,1-5H3. The summed E-state index contributed by atoms with van der Waals surface area (Å²) in [5.41, 5.74) is 2.73. The van der Waals surface area contributed by atoms with Gasteiger partial charge in [0, 0.05) is 17.3 Å². The molecule has 17 heavy (non-hydrogen) atoms. The van der Waals surface area contributed by atoms with Crippen molar-refractivity contribution in [1.29, 1.82) is 0 Å². The molecule has 0 fully saturated rings. The van der Waals surface area contributed by atoms with Gasteiger partial charge in [-0.05, 0) is 39.0 Å². The van der Waals surface area contributed by atoms with E-state index in [1.807, 2.05) is 11.8 Å². The average molecular weight is 251 g/mol. The van der Waals surface area contributed by atoms with Gasteiger partial charge in [-0.25, -0.2) is 0 Å². The van der Waals surface area contributed by atoms with Crippen LogP contribution in [0.15, 0.2) is 24.3 Å². The van der Waals surface area contributed by atoms with Gasteiger partial charge in [0.05, 0.1) is 0 Å². The third kappa shape index (κ3) is 4.72. The highest BCUT2D eigenvalue weighted by molar-refractivity contribution is 7.99. The molecule has 0 bridgehead atoms. The van der Waals surface area contributed by atoms with Crippen molar-refractivity contribution in [3.8, 4) is 0 Å². The van der Waals surface area contributed by atoms with E-state index in [1.54, 1.807) is 0 Å². The highest BCUT2D eigenvalue weighted by Gasteiger charge is 2.18. The fourth-order valence-corrected chi connectivity index (χ4v) is 1.97. The van der Waals surface area contributed by atoms with Gasteiger partial charge in [0.1, 0.15) is 0 Å². The summed E-state index contributed by atoms with van der Waals surface area (Å²) in [6.07, 6.45) is 3.31. The molecule has 1 unspecified atom stereocenters. The van der Waals surface area contributed by atoms with Crippen LogP contribution in [0.5, 0.6) is 0 Å². The predicted octanol–water partition coefficient (Wildman–Crippen LogP) is 4.18.